The highest BCUT2D eigenvalue weighted by atomic mass is 35.5. The normalized spacial score (nSPS) is 17.1. The molecule has 0 bridgehead atoms. The number of hydrogen-bond donors (Lipinski definition) is 1. The van der Waals surface area contributed by atoms with Crippen LogP contribution in [0.3, 0.4) is 0 Å². The van der Waals surface area contributed by atoms with Gasteiger partial charge in [-0.1, -0.05) is 29.8 Å². The predicted octanol–water partition coefficient (Wildman–Crippen LogP) is 3.80. The zero-order chi connectivity index (χ0) is 25.0. The maximum atomic E-state index is 12.8. The van der Waals surface area contributed by atoms with E-state index in [-0.39, 0.29) is 17.1 Å². The number of amides is 1. The first-order chi connectivity index (χ1) is 16.8. The fourth-order valence-corrected chi connectivity index (χ4v) is 5.74. The van der Waals surface area contributed by atoms with Gasteiger partial charge in [0.1, 0.15) is 23.1 Å². The quantitative estimate of drug-likeness (QED) is 0.382. The average Bonchev–Trinajstić information content (AvgIpc) is 3.42. The Balaban J connectivity index is 1.73. The number of nitrogens with zero attached hydrogens (tertiary/aromatic N) is 3. The van der Waals surface area contributed by atoms with Crippen molar-refractivity contribution < 1.29 is 17.9 Å². The summed E-state index contributed by atoms with van der Waals surface area (Å²) in [5, 5.41) is 17.5. The van der Waals surface area contributed by atoms with E-state index in [4.69, 9.17) is 16.3 Å². The van der Waals surface area contributed by atoms with E-state index in [1.807, 2.05) is 43.3 Å². The molecule has 0 saturated carbocycles. The molecule has 1 aliphatic heterocycles. The minimum Gasteiger partial charge on any atom is -0.492 e. The Labute approximate surface area is 208 Å². The number of benzene rings is 2. The number of carbonyl (C=O) groups is 1. The first-order valence-electron chi connectivity index (χ1n) is 11.0. The maximum Gasteiger partial charge on any atom is 0.262 e. The Morgan fingerprint density at radius 2 is 2.09 bits per heavy atom. The number of ether oxygens (including phenoxy) is 1. The molecule has 1 atom stereocenters. The van der Waals surface area contributed by atoms with Gasteiger partial charge in [0.15, 0.2) is 9.84 Å². The lowest BCUT2D eigenvalue weighted by Crippen LogP contribution is -2.36. The van der Waals surface area contributed by atoms with Crippen LogP contribution in [0.5, 0.6) is 5.75 Å². The molecule has 1 N–H and O–H groups in total. The maximum absolute atomic E-state index is 12.8. The minimum atomic E-state index is -3.17. The molecular formula is C25H23ClN4O4S. The Kier molecular flexibility index (Phi) is 7.24. The molecule has 1 aromatic heterocycles. The summed E-state index contributed by atoms with van der Waals surface area (Å²) < 4.78 is 30.6. The summed E-state index contributed by atoms with van der Waals surface area (Å²) >= 11 is 6.40. The highest BCUT2D eigenvalue weighted by Crippen LogP contribution is 2.32. The summed E-state index contributed by atoms with van der Waals surface area (Å²) in [7, 11) is -3.17. The van der Waals surface area contributed by atoms with E-state index >= 15 is 0 Å². The minimum absolute atomic E-state index is 0.0239. The number of para-hydroxylation sites is 1. The molecule has 0 aliphatic carbocycles. The molecule has 1 amide bonds. The molecule has 2 aromatic carbocycles. The van der Waals surface area contributed by atoms with E-state index < -0.39 is 21.8 Å². The zero-order valence-corrected chi connectivity index (χ0v) is 20.5. The van der Waals surface area contributed by atoms with E-state index in [2.05, 4.69) is 10.4 Å². The first kappa shape index (κ1) is 24.5. The number of halogens is 1. The van der Waals surface area contributed by atoms with Crippen molar-refractivity contribution in [2.75, 3.05) is 18.1 Å². The number of rotatable bonds is 7. The fraction of sp³-hybridized carbons (Fsp3) is 0.240. The number of sulfone groups is 1. The van der Waals surface area contributed by atoms with Crippen LogP contribution < -0.4 is 10.1 Å². The molecule has 1 unspecified atom stereocenters. The summed E-state index contributed by atoms with van der Waals surface area (Å²) in [6.07, 6.45) is 3.50. The highest BCUT2D eigenvalue weighted by molar-refractivity contribution is 7.91. The predicted molar refractivity (Wildman–Crippen MR) is 134 cm³/mol. The Hall–Kier alpha value is -3.61. The van der Waals surface area contributed by atoms with Crippen LogP contribution in [-0.2, 0) is 14.6 Å². The van der Waals surface area contributed by atoms with E-state index in [0.717, 1.165) is 5.69 Å². The van der Waals surface area contributed by atoms with Gasteiger partial charge < -0.3 is 10.1 Å². The molecule has 10 heteroatoms. The van der Waals surface area contributed by atoms with Gasteiger partial charge in [0, 0.05) is 23.4 Å². The largest absolute Gasteiger partial charge is 0.492 e. The molecule has 35 heavy (non-hydrogen) atoms. The SMILES string of the molecule is CCOc1ccc(-c2nn(-c3ccccc3)cc2/C=C(/C#N)C(=O)NC2CCS(=O)(=O)C2)cc1Cl. The van der Waals surface area contributed by atoms with Crippen LogP contribution in [0, 0.1) is 11.3 Å². The molecule has 4 rings (SSSR count). The van der Waals surface area contributed by atoms with Gasteiger partial charge in [-0.15, -0.1) is 0 Å². The molecule has 1 saturated heterocycles. The number of hydrogen-bond acceptors (Lipinski definition) is 6. The Morgan fingerprint density at radius 1 is 1.31 bits per heavy atom. The van der Waals surface area contributed by atoms with Crippen LogP contribution >= 0.6 is 11.6 Å². The van der Waals surface area contributed by atoms with Gasteiger partial charge in [-0.3, -0.25) is 4.79 Å². The van der Waals surface area contributed by atoms with Gasteiger partial charge in [0.2, 0.25) is 0 Å². The fourth-order valence-electron chi connectivity index (χ4n) is 3.83. The number of carbonyl (C=O) groups excluding carboxylic acids is 1. The second kappa shape index (κ2) is 10.3. The van der Waals surface area contributed by atoms with E-state index in [1.165, 1.54) is 6.08 Å². The lowest BCUT2D eigenvalue weighted by Gasteiger charge is -2.10. The highest BCUT2D eigenvalue weighted by Gasteiger charge is 2.29. The van der Waals surface area contributed by atoms with Gasteiger partial charge in [0.25, 0.3) is 5.91 Å². The molecule has 2 heterocycles. The number of nitriles is 1. The van der Waals surface area contributed by atoms with Gasteiger partial charge in [-0.25, -0.2) is 13.1 Å². The van der Waals surface area contributed by atoms with Crippen LogP contribution in [-0.4, -0.2) is 48.3 Å². The standard InChI is InChI=1S/C25H23ClN4O4S/c1-2-34-23-9-8-17(13-22(23)26)24-19(15-30(29-24)21-6-4-3-5-7-21)12-18(14-27)25(31)28-20-10-11-35(32,33)16-20/h3-9,12-13,15,20H,2,10-11,16H2,1H3,(H,28,31)/b18-12-. The third-order valence-corrected chi connectivity index (χ3v) is 7.56. The summed E-state index contributed by atoms with van der Waals surface area (Å²) in [5.41, 5.74) is 2.37. The van der Waals surface area contributed by atoms with Gasteiger partial charge in [-0.2, -0.15) is 10.4 Å². The molecule has 0 spiro atoms. The van der Waals surface area contributed by atoms with Crippen molar-refractivity contribution in [1.29, 1.82) is 5.26 Å². The van der Waals surface area contributed by atoms with E-state index in [1.54, 1.807) is 29.1 Å². The third-order valence-electron chi connectivity index (χ3n) is 5.50. The lowest BCUT2D eigenvalue weighted by atomic mass is 10.1. The molecule has 1 aliphatic rings. The smallest absolute Gasteiger partial charge is 0.262 e. The Morgan fingerprint density at radius 3 is 2.71 bits per heavy atom. The third kappa shape index (κ3) is 5.73. The molecule has 3 aromatic rings. The molecule has 0 radical (unpaired) electrons. The summed E-state index contributed by atoms with van der Waals surface area (Å²) in [5.74, 6) is -0.186. The number of aromatic nitrogens is 2. The Bertz CT molecular complexity index is 1430. The first-order valence-corrected chi connectivity index (χ1v) is 13.2. The van der Waals surface area contributed by atoms with Crippen molar-refractivity contribution in [3.8, 4) is 28.8 Å². The van der Waals surface area contributed by atoms with Gasteiger partial charge in [-0.05, 0) is 49.8 Å². The van der Waals surface area contributed by atoms with Crippen LogP contribution in [0.1, 0.15) is 18.9 Å². The topological polar surface area (TPSA) is 114 Å². The molecular weight excluding hydrogens is 488 g/mol. The van der Waals surface area contributed by atoms with Gasteiger partial charge >= 0.3 is 0 Å². The van der Waals surface area contributed by atoms with Crippen molar-refractivity contribution in [2.24, 2.45) is 0 Å². The summed E-state index contributed by atoms with van der Waals surface area (Å²) in [6.45, 7) is 2.34. The lowest BCUT2D eigenvalue weighted by molar-refractivity contribution is -0.117. The van der Waals surface area contributed by atoms with Crippen LogP contribution in [0.4, 0.5) is 0 Å². The van der Waals surface area contributed by atoms with Crippen molar-refractivity contribution in [3.63, 3.8) is 0 Å². The summed E-state index contributed by atoms with van der Waals surface area (Å²) in [6, 6.07) is 16.1. The number of nitrogens with one attached hydrogen (secondary N) is 1. The van der Waals surface area contributed by atoms with Crippen LogP contribution in [0.15, 0.2) is 60.3 Å². The molecule has 8 nitrogen and oxygen atoms in total. The van der Waals surface area contributed by atoms with Crippen molar-refractivity contribution >= 4 is 33.4 Å². The van der Waals surface area contributed by atoms with Crippen LogP contribution in [0.25, 0.3) is 23.0 Å². The zero-order valence-electron chi connectivity index (χ0n) is 18.9. The van der Waals surface area contributed by atoms with Crippen molar-refractivity contribution in [1.82, 2.24) is 15.1 Å². The van der Waals surface area contributed by atoms with Crippen LogP contribution in [0.2, 0.25) is 5.02 Å². The van der Waals surface area contributed by atoms with Crippen molar-refractivity contribution in [2.45, 2.75) is 19.4 Å². The monoisotopic (exact) mass is 510 g/mol. The summed E-state index contributed by atoms with van der Waals surface area (Å²) in [4.78, 5) is 12.8. The average molecular weight is 511 g/mol. The second-order valence-electron chi connectivity index (χ2n) is 8.03. The molecule has 1 fully saturated rings. The van der Waals surface area contributed by atoms with E-state index in [9.17, 15) is 18.5 Å². The van der Waals surface area contributed by atoms with E-state index in [0.29, 0.717) is 40.6 Å². The molecule has 180 valence electrons. The second-order valence-corrected chi connectivity index (χ2v) is 10.7. The van der Waals surface area contributed by atoms with Gasteiger partial charge in [0.05, 0.1) is 28.8 Å². The van der Waals surface area contributed by atoms with Crippen molar-refractivity contribution in [3.05, 3.63) is 70.9 Å².